The minimum atomic E-state index is 0.0793. The molecule has 0 aliphatic carbocycles. The predicted octanol–water partition coefficient (Wildman–Crippen LogP) is -0.353. The van der Waals surface area contributed by atoms with E-state index < -0.39 is 0 Å². The molecule has 0 bridgehead atoms. The van der Waals surface area contributed by atoms with Crippen LogP contribution in [0.4, 0.5) is 0 Å². The summed E-state index contributed by atoms with van der Waals surface area (Å²) in [5, 5.41) is 15.1. The van der Waals surface area contributed by atoms with Crippen LogP contribution >= 0.6 is 0 Å². The summed E-state index contributed by atoms with van der Waals surface area (Å²) in [4.78, 5) is 20.2. The third-order valence-corrected chi connectivity index (χ3v) is 5.22. The van der Waals surface area contributed by atoms with Crippen molar-refractivity contribution in [3.05, 3.63) is 70.6 Å². The van der Waals surface area contributed by atoms with Crippen LogP contribution in [-0.4, -0.2) is 36.8 Å². The number of amidine groups is 1. The maximum atomic E-state index is 11.3. The first kappa shape index (κ1) is 22.8. The lowest BCUT2D eigenvalue weighted by Crippen LogP contribution is -2.32. The molecule has 3 rings (SSSR count). The Morgan fingerprint density at radius 3 is 2.81 bits per heavy atom. The van der Waals surface area contributed by atoms with E-state index in [0.717, 1.165) is 34.5 Å². The summed E-state index contributed by atoms with van der Waals surface area (Å²) in [6.45, 7) is 4.60. The molecule has 0 radical (unpaired) electrons. The first-order chi connectivity index (χ1) is 15.4. The molecule has 1 saturated heterocycles. The number of amides is 1. The second kappa shape index (κ2) is 10.4. The largest absolute Gasteiger partial charge is 0.404 e. The summed E-state index contributed by atoms with van der Waals surface area (Å²) in [6, 6.07) is 0.0854. The number of carbonyl (C=O) groups excluding carboxylic acids is 1. The number of aliphatic imine (C=N–C) groups is 2. The van der Waals surface area contributed by atoms with Gasteiger partial charge in [-0.3, -0.25) is 15.2 Å². The lowest BCUT2D eigenvalue weighted by atomic mass is 10.0. The minimum absolute atomic E-state index is 0.0793. The molecule has 0 aromatic heterocycles. The molecular weight excluding hydrogens is 404 g/mol. The van der Waals surface area contributed by atoms with Gasteiger partial charge in [0.15, 0.2) is 6.21 Å². The molecule has 3 heterocycles. The molecule has 9 nitrogen and oxygen atoms in total. The molecule has 3 aliphatic rings. The molecule has 9 heteroatoms. The van der Waals surface area contributed by atoms with Crippen molar-refractivity contribution in [2.45, 2.75) is 32.7 Å². The Bertz CT molecular complexity index is 1020. The maximum Gasteiger partial charge on any atom is 0.220 e. The Balaban J connectivity index is 1.69. The van der Waals surface area contributed by atoms with Gasteiger partial charge in [-0.1, -0.05) is 13.8 Å². The molecule has 1 unspecified atom stereocenters. The smallest absolute Gasteiger partial charge is 0.220 e. The zero-order valence-electron chi connectivity index (χ0n) is 18.4. The Morgan fingerprint density at radius 1 is 1.34 bits per heavy atom. The van der Waals surface area contributed by atoms with Gasteiger partial charge < -0.3 is 27.4 Å². The van der Waals surface area contributed by atoms with E-state index in [1.807, 2.05) is 38.3 Å². The Morgan fingerprint density at radius 2 is 2.16 bits per heavy atom. The number of allylic oxidation sites excluding steroid dienone is 6. The van der Waals surface area contributed by atoms with Gasteiger partial charge in [0.2, 0.25) is 5.91 Å². The van der Waals surface area contributed by atoms with Crippen LogP contribution in [0.15, 0.2) is 80.6 Å². The highest BCUT2D eigenvalue weighted by molar-refractivity contribution is 5.97. The lowest BCUT2D eigenvalue weighted by molar-refractivity contribution is -0.119. The van der Waals surface area contributed by atoms with Gasteiger partial charge >= 0.3 is 0 Å². The van der Waals surface area contributed by atoms with Gasteiger partial charge in [-0.25, -0.2) is 4.99 Å². The highest BCUT2D eigenvalue weighted by Gasteiger charge is 2.20. The quantitative estimate of drug-likeness (QED) is 0.227. The van der Waals surface area contributed by atoms with Gasteiger partial charge in [0.1, 0.15) is 11.7 Å². The van der Waals surface area contributed by atoms with Crippen LogP contribution in [0.5, 0.6) is 0 Å². The zero-order chi connectivity index (χ0) is 23.1. The van der Waals surface area contributed by atoms with Gasteiger partial charge in [-0.15, -0.1) is 0 Å². The SMILES string of the molecule is CC(C)C(C=[NH2+])=CC(N)=NC1=CC=C2NC=C(C(C=NCC3CCC(=O)N3)=CN)C=C2N1. The fourth-order valence-corrected chi connectivity index (χ4v) is 3.38. The molecule has 0 aromatic rings. The van der Waals surface area contributed by atoms with Gasteiger partial charge in [0, 0.05) is 47.8 Å². The fraction of sp³-hybridized carbons (Fsp3) is 0.304. The number of nitrogens with two attached hydrogens (primary N) is 3. The maximum absolute atomic E-state index is 11.3. The summed E-state index contributed by atoms with van der Waals surface area (Å²) in [6.07, 6.45) is 15.5. The van der Waals surface area contributed by atoms with Crippen LogP contribution < -0.4 is 32.8 Å². The summed E-state index contributed by atoms with van der Waals surface area (Å²) >= 11 is 0. The summed E-state index contributed by atoms with van der Waals surface area (Å²) in [5.74, 6) is 1.30. The first-order valence-corrected chi connectivity index (χ1v) is 10.6. The van der Waals surface area contributed by atoms with Crippen LogP contribution in [0.1, 0.15) is 26.7 Å². The molecule has 0 saturated carbocycles. The van der Waals surface area contributed by atoms with Crippen molar-refractivity contribution in [1.82, 2.24) is 16.0 Å². The Labute approximate surface area is 188 Å². The second-order valence-electron chi connectivity index (χ2n) is 7.98. The highest BCUT2D eigenvalue weighted by Crippen LogP contribution is 2.22. The minimum Gasteiger partial charge on any atom is -0.404 e. The Kier molecular flexibility index (Phi) is 7.43. The molecule has 168 valence electrons. The van der Waals surface area contributed by atoms with Gasteiger partial charge in [-0.05, 0) is 36.6 Å². The monoisotopic (exact) mass is 435 g/mol. The van der Waals surface area contributed by atoms with E-state index in [1.54, 1.807) is 18.5 Å². The fourth-order valence-electron chi connectivity index (χ4n) is 3.38. The van der Waals surface area contributed by atoms with Gasteiger partial charge in [0.25, 0.3) is 0 Å². The van der Waals surface area contributed by atoms with Crippen LogP contribution in [0.3, 0.4) is 0 Å². The topological polar surface area (TPSA) is 156 Å². The average Bonchev–Trinajstić information content (AvgIpc) is 3.19. The molecule has 9 N–H and O–H groups in total. The Hall–Kier alpha value is -3.88. The van der Waals surface area contributed by atoms with Crippen molar-refractivity contribution in [2.24, 2.45) is 27.4 Å². The third-order valence-electron chi connectivity index (χ3n) is 5.22. The number of hydrogen-bond donors (Lipinski definition) is 6. The number of hydrogen-bond acceptors (Lipinski definition) is 6. The van der Waals surface area contributed by atoms with E-state index in [-0.39, 0.29) is 17.9 Å². The van der Waals surface area contributed by atoms with Crippen molar-refractivity contribution in [3.63, 3.8) is 0 Å². The van der Waals surface area contributed by atoms with Gasteiger partial charge in [-0.2, -0.15) is 0 Å². The van der Waals surface area contributed by atoms with Crippen LogP contribution in [0, 0.1) is 5.92 Å². The molecule has 1 atom stereocenters. The summed E-state index contributed by atoms with van der Waals surface area (Å²) < 4.78 is 0. The number of nitrogens with one attached hydrogen (secondary N) is 3. The normalized spacial score (nSPS) is 21.8. The third kappa shape index (κ3) is 5.84. The molecule has 0 aromatic carbocycles. The van der Waals surface area contributed by atoms with E-state index in [0.29, 0.717) is 24.6 Å². The number of carbonyl (C=O) groups is 1. The van der Waals surface area contributed by atoms with Gasteiger partial charge in [0.05, 0.1) is 17.9 Å². The molecule has 3 aliphatic heterocycles. The lowest BCUT2D eigenvalue weighted by Gasteiger charge is -2.23. The molecule has 1 fully saturated rings. The predicted molar refractivity (Wildman–Crippen MR) is 128 cm³/mol. The summed E-state index contributed by atoms with van der Waals surface area (Å²) in [5.41, 5.74) is 16.2. The van der Waals surface area contributed by atoms with Crippen LogP contribution in [0.2, 0.25) is 0 Å². The number of nitrogens with zero attached hydrogens (tertiary/aromatic N) is 2. The average molecular weight is 436 g/mol. The second-order valence-corrected chi connectivity index (χ2v) is 7.98. The van der Waals surface area contributed by atoms with Crippen molar-refractivity contribution < 1.29 is 10.2 Å². The van der Waals surface area contributed by atoms with E-state index in [2.05, 4.69) is 25.9 Å². The van der Waals surface area contributed by atoms with Crippen molar-refractivity contribution in [3.8, 4) is 0 Å². The first-order valence-electron chi connectivity index (χ1n) is 10.6. The van der Waals surface area contributed by atoms with E-state index >= 15 is 0 Å². The van der Waals surface area contributed by atoms with Crippen molar-refractivity contribution in [1.29, 1.82) is 0 Å². The van der Waals surface area contributed by atoms with E-state index in [4.69, 9.17) is 16.9 Å². The van der Waals surface area contributed by atoms with E-state index in [1.165, 1.54) is 6.20 Å². The van der Waals surface area contributed by atoms with Crippen LogP contribution in [-0.2, 0) is 4.79 Å². The molecule has 32 heavy (non-hydrogen) atoms. The highest BCUT2D eigenvalue weighted by atomic mass is 16.1. The molecular formula is C23H31N8O+. The molecule has 0 spiro atoms. The number of dihydropyridines is 2. The standard InChI is InChI=1S/C23H30N8O/c1-14(2)15(9-24)8-21(26)31-22-5-4-19-20(30-22)7-16(12-28-19)17(10-25)11-27-13-18-3-6-23(32)29-18/h4-5,7-12,14,18,24,28,30H,3,6,13,25H2,1-2H3,(H2,26,31)(H,29,32)/p+1. The summed E-state index contributed by atoms with van der Waals surface area (Å²) in [7, 11) is 0. The van der Waals surface area contributed by atoms with Crippen molar-refractivity contribution in [2.75, 3.05) is 6.54 Å². The van der Waals surface area contributed by atoms with E-state index in [9.17, 15) is 4.79 Å². The number of rotatable bonds is 8. The zero-order valence-corrected chi connectivity index (χ0v) is 18.4. The van der Waals surface area contributed by atoms with Crippen molar-refractivity contribution >= 4 is 24.2 Å². The van der Waals surface area contributed by atoms with Crippen LogP contribution in [0.25, 0.3) is 0 Å². The molecule has 1 amide bonds. The number of fused-ring (bicyclic) bond motifs is 1.